The number of carbonyl (C=O) groups is 2. The Morgan fingerprint density at radius 3 is 2.33 bits per heavy atom. The van der Waals surface area contributed by atoms with Gasteiger partial charge in [-0.25, -0.2) is 0 Å². The number of para-hydroxylation sites is 1. The lowest BCUT2D eigenvalue weighted by Gasteiger charge is -2.12. The van der Waals surface area contributed by atoms with Crippen LogP contribution in [0.25, 0.3) is 0 Å². The van der Waals surface area contributed by atoms with Gasteiger partial charge in [-0.3, -0.25) is 20.4 Å². The van der Waals surface area contributed by atoms with Gasteiger partial charge in [0.2, 0.25) is 0 Å². The van der Waals surface area contributed by atoms with Gasteiger partial charge in [0.25, 0.3) is 11.8 Å². The van der Waals surface area contributed by atoms with Crippen LogP contribution in [0, 0.1) is 0 Å². The molecule has 7 heteroatoms. The zero-order valence-corrected chi connectivity index (χ0v) is 14.4. The van der Waals surface area contributed by atoms with Gasteiger partial charge in [-0.1, -0.05) is 42.3 Å². The largest absolute Gasteiger partial charge is 0.493 e. The van der Waals surface area contributed by atoms with Crippen molar-refractivity contribution in [1.29, 1.82) is 0 Å². The summed E-state index contributed by atoms with van der Waals surface area (Å²) in [6.07, 6.45) is 0.821. The highest BCUT2D eigenvalue weighted by molar-refractivity contribution is 6.36. The predicted molar refractivity (Wildman–Crippen MR) is 93.6 cm³/mol. The first kappa shape index (κ1) is 18.1. The Morgan fingerprint density at radius 2 is 1.67 bits per heavy atom. The van der Waals surface area contributed by atoms with Crippen molar-refractivity contribution in [2.45, 2.75) is 13.3 Å². The second-order valence-corrected chi connectivity index (χ2v) is 5.72. The van der Waals surface area contributed by atoms with Crippen molar-refractivity contribution < 1.29 is 14.3 Å². The molecule has 0 bridgehead atoms. The molecule has 2 rings (SSSR count). The highest BCUT2D eigenvalue weighted by Gasteiger charge is 2.15. The van der Waals surface area contributed by atoms with E-state index in [1.807, 2.05) is 6.92 Å². The summed E-state index contributed by atoms with van der Waals surface area (Å²) in [6.45, 7) is 2.47. The molecule has 0 fully saturated rings. The Kier molecular flexibility index (Phi) is 6.46. The molecule has 0 radical (unpaired) electrons. The molecule has 2 N–H and O–H groups in total. The van der Waals surface area contributed by atoms with Gasteiger partial charge in [0.1, 0.15) is 5.75 Å². The minimum atomic E-state index is -0.544. The summed E-state index contributed by atoms with van der Waals surface area (Å²) in [6, 6.07) is 11.3. The number of hydrogen-bond acceptors (Lipinski definition) is 3. The third-order valence-corrected chi connectivity index (χ3v) is 3.61. The predicted octanol–water partition coefficient (Wildman–Crippen LogP) is 3.86. The Bertz CT molecular complexity index is 750. The molecule has 0 unspecified atom stereocenters. The molecular weight excluding hydrogens is 351 g/mol. The van der Waals surface area contributed by atoms with Crippen molar-refractivity contribution in [3.8, 4) is 5.75 Å². The van der Waals surface area contributed by atoms with Crippen LogP contribution in [0.5, 0.6) is 5.75 Å². The first-order valence-electron chi connectivity index (χ1n) is 7.30. The van der Waals surface area contributed by atoms with Crippen molar-refractivity contribution in [2.75, 3.05) is 6.61 Å². The fraction of sp³-hybridized carbons (Fsp3) is 0.176. The summed E-state index contributed by atoms with van der Waals surface area (Å²) in [5.74, 6) is -0.576. The second kappa shape index (κ2) is 8.57. The van der Waals surface area contributed by atoms with Crippen molar-refractivity contribution in [3.63, 3.8) is 0 Å². The number of nitrogens with one attached hydrogen (secondary N) is 2. The van der Waals surface area contributed by atoms with Crippen LogP contribution in [0.15, 0.2) is 42.5 Å². The van der Waals surface area contributed by atoms with Crippen LogP contribution < -0.4 is 15.6 Å². The lowest BCUT2D eigenvalue weighted by molar-refractivity contribution is 0.0844. The molecule has 0 spiro atoms. The van der Waals surface area contributed by atoms with Gasteiger partial charge in [0.15, 0.2) is 0 Å². The van der Waals surface area contributed by atoms with Crippen molar-refractivity contribution in [1.82, 2.24) is 10.9 Å². The number of benzene rings is 2. The van der Waals surface area contributed by atoms with E-state index >= 15 is 0 Å². The molecule has 2 aromatic carbocycles. The van der Waals surface area contributed by atoms with Gasteiger partial charge in [-0.15, -0.1) is 0 Å². The molecule has 0 aromatic heterocycles. The molecule has 0 saturated heterocycles. The third kappa shape index (κ3) is 4.63. The fourth-order valence-corrected chi connectivity index (χ4v) is 2.41. The van der Waals surface area contributed by atoms with Gasteiger partial charge in [-0.05, 0) is 36.8 Å². The Balaban J connectivity index is 2.04. The molecular formula is C17H16Cl2N2O3. The minimum Gasteiger partial charge on any atom is -0.493 e. The van der Waals surface area contributed by atoms with Gasteiger partial charge in [0, 0.05) is 5.02 Å². The molecule has 0 aliphatic heterocycles. The third-order valence-electron chi connectivity index (χ3n) is 3.06. The lowest BCUT2D eigenvalue weighted by Crippen LogP contribution is -2.41. The van der Waals surface area contributed by atoms with E-state index in [0.717, 1.165) is 6.42 Å². The Labute approximate surface area is 149 Å². The normalized spacial score (nSPS) is 10.1. The molecule has 24 heavy (non-hydrogen) atoms. The molecule has 126 valence electrons. The smallest absolute Gasteiger partial charge is 0.273 e. The van der Waals surface area contributed by atoms with Crippen LogP contribution in [0.3, 0.4) is 0 Å². The van der Waals surface area contributed by atoms with Crippen LogP contribution in [-0.2, 0) is 0 Å². The van der Waals surface area contributed by atoms with Crippen molar-refractivity contribution >= 4 is 35.0 Å². The van der Waals surface area contributed by atoms with Crippen LogP contribution in [-0.4, -0.2) is 18.4 Å². The number of ether oxygens (including phenoxy) is 1. The minimum absolute atomic E-state index is 0.195. The van der Waals surface area contributed by atoms with E-state index in [2.05, 4.69) is 10.9 Å². The summed E-state index contributed by atoms with van der Waals surface area (Å²) in [5, 5.41) is 0.614. The monoisotopic (exact) mass is 366 g/mol. The standard InChI is InChI=1S/C17H16Cl2N2O3/c1-2-9-24-15-6-4-3-5-13(15)17(23)21-20-16(22)12-8-7-11(18)10-14(12)19/h3-8,10H,2,9H2,1H3,(H,20,22)(H,21,23). The topological polar surface area (TPSA) is 67.4 Å². The lowest BCUT2D eigenvalue weighted by atomic mass is 10.2. The number of hydrazine groups is 1. The van der Waals surface area contributed by atoms with Crippen molar-refractivity contribution in [3.05, 3.63) is 63.6 Å². The van der Waals surface area contributed by atoms with Gasteiger partial charge >= 0.3 is 0 Å². The fourth-order valence-electron chi connectivity index (χ4n) is 1.91. The van der Waals surface area contributed by atoms with Crippen LogP contribution in [0.1, 0.15) is 34.1 Å². The zero-order valence-electron chi connectivity index (χ0n) is 12.9. The van der Waals surface area contributed by atoms with E-state index in [1.54, 1.807) is 24.3 Å². The number of hydrogen-bond donors (Lipinski definition) is 2. The van der Waals surface area contributed by atoms with E-state index in [0.29, 0.717) is 22.9 Å². The first-order valence-corrected chi connectivity index (χ1v) is 8.06. The summed E-state index contributed by atoms with van der Waals surface area (Å²) in [7, 11) is 0. The molecule has 0 aliphatic rings. The van der Waals surface area contributed by atoms with Crippen molar-refractivity contribution in [2.24, 2.45) is 0 Å². The molecule has 5 nitrogen and oxygen atoms in total. The molecule has 0 saturated carbocycles. The average Bonchev–Trinajstić information content (AvgIpc) is 2.57. The summed E-state index contributed by atoms with van der Waals surface area (Å²) in [4.78, 5) is 24.3. The zero-order chi connectivity index (χ0) is 17.5. The van der Waals surface area contributed by atoms with Gasteiger partial charge < -0.3 is 4.74 Å². The number of halogens is 2. The second-order valence-electron chi connectivity index (χ2n) is 4.88. The highest BCUT2D eigenvalue weighted by atomic mass is 35.5. The summed E-state index contributed by atoms with van der Waals surface area (Å²) < 4.78 is 5.52. The molecule has 0 heterocycles. The number of carbonyl (C=O) groups excluding carboxylic acids is 2. The Hall–Kier alpha value is -2.24. The van der Waals surface area contributed by atoms with Gasteiger partial charge in [-0.2, -0.15) is 0 Å². The molecule has 0 aliphatic carbocycles. The Morgan fingerprint density at radius 1 is 1.00 bits per heavy atom. The van der Waals surface area contributed by atoms with E-state index in [4.69, 9.17) is 27.9 Å². The number of rotatable bonds is 5. The molecule has 0 atom stereocenters. The molecule has 2 amide bonds. The molecule has 2 aromatic rings. The van der Waals surface area contributed by atoms with Crippen LogP contribution in [0.2, 0.25) is 10.0 Å². The van der Waals surface area contributed by atoms with E-state index in [1.165, 1.54) is 18.2 Å². The SMILES string of the molecule is CCCOc1ccccc1C(=O)NNC(=O)c1ccc(Cl)cc1Cl. The summed E-state index contributed by atoms with van der Waals surface area (Å²) in [5.41, 5.74) is 5.20. The van der Waals surface area contributed by atoms with Gasteiger partial charge in [0.05, 0.1) is 22.8 Å². The van der Waals surface area contributed by atoms with E-state index in [-0.39, 0.29) is 10.6 Å². The van der Waals surface area contributed by atoms with E-state index < -0.39 is 11.8 Å². The summed E-state index contributed by atoms with van der Waals surface area (Å²) >= 11 is 11.7. The average molecular weight is 367 g/mol. The quantitative estimate of drug-likeness (QED) is 0.789. The maximum atomic E-state index is 12.2. The van der Waals surface area contributed by atoms with Crippen LogP contribution in [0.4, 0.5) is 0 Å². The highest BCUT2D eigenvalue weighted by Crippen LogP contribution is 2.21. The first-order chi connectivity index (χ1) is 11.5. The maximum absolute atomic E-state index is 12.2. The number of amides is 2. The van der Waals surface area contributed by atoms with Crippen LogP contribution >= 0.6 is 23.2 Å². The maximum Gasteiger partial charge on any atom is 0.273 e. The van der Waals surface area contributed by atoms with E-state index in [9.17, 15) is 9.59 Å².